The van der Waals surface area contributed by atoms with Gasteiger partial charge in [-0.05, 0) is 12.1 Å². The summed E-state index contributed by atoms with van der Waals surface area (Å²) in [6, 6.07) is 5.71. The molecule has 4 N–H and O–H groups in total. The molecule has 3 rings (SSSR count). The van der Waals surface area contributed by atoms with E-state index < -0.39 is 0 Å². The van der Waals surface area contributed by atoms with Crippen molar-refractivity contribution in [3.05, 3.63) is 30.2 Å². The topological polar surface area (TPSA) is 121 Å². The molecular weight excluding hydrogens is 264 g/mol. The van der Waals surface area contributed by atoms with E-state index in [-0.39, 0.29) is 11.9 Å². The molecule has 0 bridgehead atoms. The lowest BCUT2D eigenvalue weighted by Crippen LogP contribution is -2.06. The number of hydrogen-bond acceptors (Lipinski definition) is 8. The molecule has 3 aromatic rings. The summed E-state index contributed by atoms with van der Waals surface area (Å²) in [6.07, 6.45) is 1.90. The molecule has 8 nitrogen and oxygen atoms in total. The maximum absolute atomic E-state index is 5.51. The van der Waals surface area contributed by atoms with E-state index in [1.807, 2.05) is 28.8 Å². The largest absolute Gasteiger partial charge is 0.368 e. The number of anilines is 2. The second kappa shape index (κ2) is 4.69. The van der Waals surface area contributed by atoms with Crippen molar-refractivity contribution in [1.29, 1.82) is 0 Å². The summed E-state index contributed by atoms with van der Waals surface area (Å²) in [4.78, 5) is 11.7. The van der Waals surface area contributed by atoms with Crippen molar-refractivity contribution in [2.45, 2.75) is 10.9 Å². The van der Waals surface area contributed by atoms with Crippen LogP contribution in [0, 0.1) is 0 Å². The predicted octanol–water partition coefficient (Wildman–Crippen LogP) is 0.371. The number of nitrogens with two attached hydrogens (primary N) is 2. The van der Waals surface area contributed by atoms with Gasteiger partial charge in [-0.1, -0.05) is 17.8 Å². The van der Waals surface area contributed by atoms with Crippen molar-refractivity contribution in [1.82, 2.24) is 29.5 Å². The Bertz CT molecular complexity index is 704. The molecular formula is C10H10N8S. The Kier molecular flexibility index (Phi) is 2.88. The van der Waals surface area contributed by atoms with E-state index >= 15 is 0 Å². The van der Waals surface area contributed by atoms with Crippen molar-refractivity contribution in [2.24, 2.45) is 0 Å². The number of nitrogens with zero attached hydrogens (tertiary/aromatic N) is 6. The van der Waals surface area contributed by atoms with Gasteiger partial charge >= 0.3 is 0 Å². The molecule has 0 aromatic carbocycles. The summed E-state index contributed by atoms with van der Waals surface area (Å²) in [6.45, 7) is 0. The van der Waals surface area contributed by atoms with Crippen LogP contribution in [0.1, 0.15) is 5.82 Å². The van der Waals surface area contributed by atoms with Gasteiger partial charge in [-0.25, -0.2) is 0 Å². The maximum atomic E-state index is 5.51. The molecule has 19 heavy (non-hydrogen) atoms. The van der Waals surface area contributed by atoms with Gasteiger partial charge in [0.05, 0.1) is 5.75 Å². The van der Waals surface area contributed by atoms with Crippen LogP contribution in [-0.2, 0) is 5.75 Å². The van der Waals surface area contributed by atoms with Crippen molar-refractivity contribution in [3.8, 4) is 0 Å². The van der Waals surface area contributed by atoms with Crippen LogP contribution in [0.5, 0.6) is 0 Å². The second-order valence-electron chi connectivity index (χ2n) is 3.67. The molecule has 0 saturated carbocycles. The van der Waals surface area contributed by atoms with Crippen molar-refractivity contribution in [3.63, 3.8) is 0 Å². The zero-order chi connectivity index (χ0) is 13.2. The van der Waals surface area contributed by atoms with Crippen LogP contribution in [0.15, 0.2) is 29.6 Å². The number of pyridine rings is 1. The summed E-state index contributed by atoms with van der Waals surface area (Å²) in [5, 5.41) is 8.91. The van der Waals surface area contributed by atoms with Crippen LogP contribution in [0.25, 0.3) is 5.65 Å². The zero-order valence-electron chi connectivity index (χ0n) is 9.76. The molecule has 0 spiro atoms. The number of aromatic nitrogens is 6. The van der Waals surface area contributed by atoms with Crippen LogP contribution in [-0.4, -0.2) is 29.5 Å². The predicted molar refractivity (Wildman–Crippen MR) is 71.2 cm³/mol. The molecule has 0 aliphatic rings. The second-order valence-corrected chi connectivity index (χ2v) is 4.61. The molecule has 0 aliphatic heterocycles. The van der Waals surface area contributed by atoms with E-state index in [2.05, 4.69) is 25.1 Å². The summed E-state index contributed by atoms with van der Waals surface area (Å²) >= 11 is 1.45. The molecule has 0 amide bonds. The first kappa shape index (κ1) is 11.7. The van der Waals surface area contributed by atoms with E-state index in [4.69, 9.17) is 11.5 Å². The van der Waals surface area contributed by atoms with Crippen molar-refractivity contribution in [2.75, 3.05) is 11.5 Å². The highest BCUT2D eigenvalue weighted by Crippen LogP contribution is 2.20. The standard InChI is InChI=1S/C10H10N8S/c11-8-13-6(14-9(12)15-8)5-19-10-17-16-7-3-1-2-4-18(7)10/h1-4H,5H2,(H4,11,12,13,14,15). The van der Waals surface area contributed by atoms with Gasteiger partial charge in [0.25, 0.3) is 0 Å². The first-order valence-corrected chi connectivity index (χ1v) is 6.39. The van der Waals surface area contributed by atoms with Crippen LogP contribution >= 0.6 is 11.8 Å². The minimum absolute atomic E-state index is 0.120. The molecule has 3 aromatic heterocycles. The average molecular weight is 274 g/mol. The number of nitrogen functional groups attached to an aromatic ring is 2. The number of hydrogen-bond donors (Lipinski definition) is 2. The summed E-state index contributed by atoms with van der Waals surface area (Å²) < 4.78 is 1.89. The molecule has 96 valence electrons. The van der Waals surface area contributed by atoms with Crippen LogP contribution in [0.4, 0.5) is 11.9 Å². The van der Waals surface area contributed by atoms with Gasteiger partial charge in [0.15, 0.2) is 10.8 Å². The van der Waals surface area contributed by atoms with E-state index in [0.717, 1.165) is 10.8 Å². The van der Waals surface area contributed by atoms with Crippen molar-refractivity contribution < 1.29 is 0 Å². The fourth-order valence-corrected chi connectivity index (χ4v) is 2.35. The van der Waals surface area contributed by atoms with Gasteiger partial charge in [0.2, 0.25) is 11.9 Å². The van der Waals surface area contributed by atoms with Gasteiger partial charge in [-0.15, -0.1) is 10.2 Å². The molecule has 3 heterocycles. The Morgan fingerprint density at radius 3 is 2.63 bits per heavy atom. The van der Waals surface area contributed by atoms with Gasteiger partial charge < -0.3 is 11.5 Å². The highest BCUT2D eigenvalue weighted by Gasteiger charge is 2.08. The lowest BCUT2D eigenvalue weighted by molar-refractivity contribution is 0.915. The van der Waals surface area contributed by atoms with E-state index in [1.165, 1.54) is 11.8 Å². The fourth-order valence-electron chi connectivity index (χ4n) is 1.57. The SMILES string of the molecule is Nc1nc(N)nc(CSc2nnc3ccccn23)n1. The van der Waals surface area contributed by atoms with E-state index in [0.29, 0.717) is 11.6 Å². The van der Waals surface area contributed by atoms with Crippen LogP contribution < -0.4 is 11.5 Å². The Balaban J connectivity index is 1.82. The molecule has 0 unspecified atom stereocenters. The maximum Gasteiger partial charge on any atom is 0.225 e. The molecule has 0 atom stereocenters. The highest BCUT2D eigenvalue weighted by molar-refractivity contribution is 7.98. The quantitative estimate of drug-likeness (QED) is 0.657. The fraction of sp³-hybridized carbons (Fsp3) is 0.100. The van der Waals surface area contributed by atoms with E-state index in [9.17, 15) is 0 Å². The molecule has 0 radical (unpaired) electrons. The molecule has 0 saturated heterocycles. The Hall–Kier alpha value is -2.42. The third-order valence-electron chi connectivity index (χ3n) is 2.33. The Labute approximate surface area is 112 Å². The van der Waals surface area contributed by atoms with Crippen LogP contribution in [0.2, 0.25) is 0 Å². The lowest BCUT2D eigenvalue weighted by Gasteiger charge is -2.01. The first-order valence-electron chi connectivity index (χ1n) is 5.41. The van der Waals surface area contributed by atoms with Gasteiger partial charge in [0.1, 0.15) is 5.82 Å². The summed E-state index contributed by atoms with van der Waals surface area (Å²) in [5.74, 6) is 1.25. The van der Waals surface area contributed by atoms with E-state index in [1.54, 1.807) is 0 Å². The Morgan fingerprint density at radius 1 is 1.05 bits per heavy atom. The monoisotopic (exact) mass is 274 g/mol. The number of fused-ring (bicyclic) bond motifs is 1. The van der Waals surface area contributed by atoms with Gasteiger partial charge in [0, 0.05) is 6.20 Å². The summed E-state index contributed by atoms with van der Waals surface area (Å²) in [5.41, 5.74) is 11.8. The molecule has 9 heteroatoms. The minimum atomic E-state index is 0.120. The van der Waals surface area contributed by atoms with Crippen molar-refractivity contribution >= 4 is 29.3 Å². The lowest BCUT2D eigenvalue weighted by atomic mass is 10.5. The smallest absolute Gasteiger partial charge is 0.225 e. The van der Waals surface area contributed by atoms with Gasteiger partial charge in [-0.2, -0.15) is 15.0 Å². The average Bonchev–Trinajstić information content (AvgIpc) is 2.78. The summed E-state index contributed by atoms with van der Waals surface area (Å²) in [7, 11) is 0. The zero-order valence-corrected chi connectivity index (χ0v) is 10.6. The normalized spacial score (nSPS) is 10.9. The molecule has 0 fully saturated rings. The number of thioether (sulfide) groups is 1. The van der Waals surface area contributed by atoms with Crippen LogP contribution in [0.3, 0.4) is 0 Å². The Morgan fingerprint density at radius 2 is 1.84 bits per heavy atom. The third-order valence-corrected chi connectivity index (χ3v) is 3.27. The number of rotatable bonds is 3. The van der Waals surface area contributed by atoms with Gasteiger partial charge in [-0.3, -0.25) is 4.40 Å². The molecule has 0 aliphatic carbocycles. The highest BCUT2D eigenvalue weighted by atomic mass is 32.2. The third kappa shape index (κ3) is 2.40. The first-order chi connectivity index (χ1) is 9.22. The minimum Gasteiger partial charge on any atom is -0.368 e.